The lowest BCUT2D eigenvalue weighted by molar-refractivity contribution is -0.145. The molecule has 0 bridgehead atoms. The molecule has 20 heavy (non-hydrogen) atoms. The zero-order chi connectivity index (χ0) is 14.7. The minimum Gasteiger partial charge on any atom is -0.481 e. The maximum Gasteiger partial charge on any atom is 0.307 e. The Morgan fingerprint density at radius 1 is 1.35 bits per heavy atom. The standard InChI is InChI=1S/C14H13ClN2O3/c15-12-5-4-9(6-8(12)7-16)17-13(18)10-2-1-3-11(10)14(19)20/h4-6,10-11H,1-3H2,(H,17,18)(H,19,20)/t10-,11+/m1/s1. The van der Waals surface area contributed by atoms with Gasteiger partial charge in [-0.05, 0) is 31.0 Å². The number of amides is 1. The van der Waals surface area contributed by atoms with Crippen LogP contribution in [0.2, 0.25) is 5.02 Å². The Kier molecular flexibility index (Phi) is 4.26. The van der Waals surface area contributed by atoms with Crippen LogP contribution in [0.5, 0.6) is 0 Å². The molecule has 1 aromatic rings. The van der Waals surface area contributed by atoms with Crippen molar-refractivity contribution in [2.24, 2.45) is 11.8 Å². The number of anilines is 1. The van der Waals surface area contributed by atoms with E-state index in [4.69, 9.17) is 22.0 Å². The quantitative estimate of drug-likeness (QED) is 0.896. The van der Waals surface area contributed by atoms with Crippen molar-refractivity contribution in [2.45, 2.75) is 19.3 Å². The Labute approximate surface area is 121 Å². The van der Waals surface area contributed by atoms with E-state index >= 15 is 0 Å². The average molecular weight is 293 g/mol. The number of aliphatic carboxylic acids is 1. The van der Waals surface area contributed by atoms with Gasteiger partial charge in [-0.25, -0.2) is 0 Å². The van der Waals surface area contributed by atoms with E-state index < -0.39 is 17.8 Å². The summed E-state index contributed by atoms with van der Waals surface area (Å²) in [6.07, 6.45) is 1.83. The van der Waals surface area contributed by atoms with Gasteiger partial charge in [0.25, 0.3) is 0 Å². The fourth-order valence-corrected chi connectivity index (χ4v) is 2.65. The molecule has 1 aliphatic carbocycles. The van der Waals surface area contributed by atoms with Crippen molar-refractivity contribution >= 4 is 29.2 Å². The summed E-state index contributed by atoms with van der Waals surface area (Å²) in [4.78, 5) is 23.2. The van der Waals surface area contributed by atoms with Gasteiger partial charge in [-0.3, -0.25) is 9.59 Å². The van der Waals surface area contributed by atoms with E-state index in [0.29, 0.717) is 23.6 Å². The second-order valence-electron chi connectivity index (χ2n) is 4.78. The molecule has 2 N–H and O–H groups in total. The fourth-order valence-electron chi connectivity index (χ4n) is 2.49. The maximum absolute atomic E-state index is 12.1. The lowest BCUT2D eigenvalue weighted by Crippen LogP contribution is -2.30. The third kappa shape index (κ3) is 2.91. The number of hydrogen-bond acceptors (Lipinski definition) is 3. The van der Waals surface area contributed by atoms with Gasteiger partial charge in [0, 0.05) is 5.69 Å². The van der Waals surface area contributed by atoms with Gasteiger partial charge in [-0.2, -0.15) is 5.26 Å². The van der Waals surface area contributed by atoms with Crippen LogP contribution in [-0.2, 0) is 9.59 Å². The number of carbonyl (C=O) groups is 2. The molecular formula is C14H13ClN2O3. The van der Waals surface area contributed by atoms with Crippen LogP contribution < -0.4 is 5.32 Å². The largest absolute Gasteiger partial charge is 0.481 e. The minimum atomic E-state index is -0.934. The fraction of sp³-hybridized carbons (Fsp3) is 0.357. The van der Waals surface area contributed by atoms with Crippen molar-refractivity contribution in [1.29, 1.82) is 5.26 Å². The smallest absolute Gasteiger partial charge is 0.307 e. The highest BCUT2D eigenvalue weighted by atomic mass is 35.5. The first-order valence-electron chi connectivity index (χ1n) is 6.26. The molecule has 1 aromatic carbocycles. The second kappa shape index (κ2) is 5.93. The highest BCUT2D eigenvalue weighted by Gasteiger charge is 2.37. The summed E-state index contributed by atoms with van der Waals surface area (Å²) in [6.45, 7) is 0. The first-order valence-corrected chi connectivity index (χ1v) is 6.64. The molecule has 1 saturated carbocycles. The predicted octanol–water partition coefficient (Wildman–Crippen LogP) is 2.65. The number of nitriles is 1. The van der Waals surface area contributed by atoms with Crippen LogP contribution in [0, 0.1) is 23.2 Å². The molecule has 104 valence electrons. The molecule has 1 amide bonds. The number of carbonyl (C=O) groups excluding carboxylic acids is 1. The van der Waals surface area contributed by atoms with E-state index in [1.165, 1.54) is 12.1 Å². The lowest BCUT2D eigenvalue weighted by atomic mass is 9.95. The molecule has 0 spiro atoms. The Morgan fingerprint density at radius 3 is 2.70 bits per heavy atom. The van der Waals surface area contributed by atoms with Crippen molar-refractivity contribution in [3.63, 3.8) is 0 Å². The van der Waals surface area contributed by atoms with Crippen LogP contribution in [0.15, 0.2) is 18.2 Å². The third-order valence-corrected chi connectivity index (χ3v) is 3.85. The van der Waals surface area contributed by atoms with Gasteiger partial charge in [0.05, 0.1) is 22.4 Å². The number of carboxylic acids is 1. The number of nitrogens with one attached hydrogen (secondary N) is 1. The lowest BCUT2D eigenvalue weighted by Gasteiger charge is -2.15. The molecule has 2 rings (SSSR count). The molecular weight excluding hydrogens is 280 g/mol. The highest BCUT2D eigenvalue weighted by molar-refractivity contribution is 6.31. The topological polar surface area (TPSA) is 90.2 Å². The monoisotopic (exact) mass is 292 g/mol. The summed E-state index contributed by atoms with van der Waals surface area (Å²) < 4.78 is 0. The Balaban J connectivity index is 2.12. The van der Waals surface area contributed by atoms with E-state index in [1.807, 2.05) is 6.07 Å². The third-order valence-electron chi connectivity index (χ3n) is 3.52. The summed E-state index contributed by atoms with van der Waals surface area (Å²) in [5.74, 6) is -2.40. The molecule has 5 nitrogen and oxygen atoms in total. The van der Waals surface area contributed by atoms with Gasteiger partial charge in [0.15, 0.2) is 0 Å². The molecule has 1 aliphatic rings. The molecule has 0 unspecified atom stereocenters. The minimum absolute atomic E-state index is 0.269. The summed E-state index contributed by atoms with van der Waals surface area (Å²) in [6, 6.07) is 6.52. The van der Waals surface area contributed by atoms with E-state index in [1.54, 1.807) is 6.07 Å². The molecule has 1 fully saturated rings. The number of halogens is 1. The van der Waals surface area contributed by atoms with Crippen LogP contribution in [0.3, 0.4) is 0 Å². The number of rotatable bonds is 3. The summed E-state index contributed by atoms with van der Waals surface area (Å²) in [5, 5.41) is 20.9. The molecule has 0 heterocycles. The first kappa shape index (κ1) is 14.4. The van der Waals surface area contributed by atoms with Crippen LogP contribution in [0.1, 0.15) is 24.8 Å². The van der Waals surface area contributed by atoms with E-state index in [2.05, 4.69) is 5.32 Å². The zero-order valence-electron chi connectivity index (χ0n) is 10.6. The summed E-state index contributed by atoms with van der Waals surface area (Å²) in [7, 11) is 0. The van der Waals surface area contributed by atoms with Gasteiger partial charge in [0.1, 0.15) is 6.07 Å². The van der Waals surface area contributed by atoms with Gasteiger partial charge in [0.2, 0.25) is 5.91 Å². The average Bonchev–Trinajstić information content (AvgIpc) is 2.90. The molecule has 0 radical (unpaired) electrons. The molecule has 2 atom stereocenters. The van der Waals surface area contributed by atoms with Gasteiger partial charge in [-0.1, -0.05) is 18.0 Å². The molecule has 0 aliphatic heterocycles. The second-order valence-corrected chi connectivity index (χ2v) is 5.19. The Bertz CT molecular complexity index is 595. The number of hydrogen-bond donors (Lipinski definition) is 2. The summed E-state index contributed by atoms with van der Waals surface area (Å²) in [5.41, 5.74) is 0.720. The molecule has 0 saturated heterocycles. The first-order chi connectivity index (χ1) is 9.52. The van der Waals surface area contributed by atoms with Crippen molar-refractivity contribution < 1.29 is 14.7 Å². The number of benzene rings is 1. The van der Waals surface area contributed by atoms with Crippen molar-refractivity contribution in [2.75, 3.05) is 5.32 Å². The van der Waals surface area contributed by atoms with Gasteiger partial charge in [-0.15, -0.1) is 0 Å². The predicted molar refractivity (Wildman–Crippen MR) is 73.3 cm³/mol. The van der Waals surface area contributed by atoms with Crippen LogP contribution in [0.4, 0.5) is 5.69 Å². The zero-order valence-corrected chi connectivity index (χ0v) is 11.4. The van der Waals surface area contributed by atoms with E-state index in [9.17, 15) is 9.59 Å². The van der Waals surface area contributed by atoms with Crippen molar-refractivity contribution in [3.8, 4) is 6.07 Å². The maximum atomic E-state index is 12.1. The van der Waals surface area contributed by atoms with Crippen molar-refractivity contribution in [1.82, 2.24) is 0 Å². The summed E-state index contributed by atoms with van der Waals surface area (Å²) >= 11 is 5.81. The SMILES string of the molecule is N#Cc1cc(NC(=O)[C@@H]2CCC[C@@H]2C(=O)O)ccc1Cl. The number of carboxylic acid groups (broad SMARTS) is 1. The van der Waals surface area contributed by atoms with Crippen LogP contribution in [0.25, 0.3) is 0 Å². The Morgan fingerprint density at radius 2 is 2.05 bits per heavy atom. The van der Waals surface area contributed by atoms with Gasteiger partial charge < -0.3 is 10.4 Å². The van der Waals surface area contributed by atoms with Crippen LogP contribution >= 0.6 is 11.6 Å². The van der Waals surface area contributed by atoms with Gasteiger partial charge >= 0.3 is 5.97 Å². The number of nitrogens with zero attached hydrogens (tertiary/aromatic N) is 1. The molecule has 0 aromatic heterocycles. The van der Waals surface area contributed by atoms with E-state index in [-0.39, 0.29) is 11.5 Å². The highest BCUT2D eigenvalue weighted by Crippen LogP contribution is 2.33. The Hall–Kier alpha value is -2.06. The molecule has 6 heteroatoms. The normalized spacial score (nSPS) is 21.2. The van der Waals surface area contributed by atoms with Crippen molar-refractivity contribution in [3.05, 3.63) is 28.8 Å². The van der Waals surface area contributed by atoms with E-state index in [0.717, 1.165) is 6.42 Å². The van der Waals surface area contributed by atoms with Crippen LogP contribution in [-0.4, -0.2) is 17.0 Å².